The van der Waals surface area contributed by atoms with E-state index in [2.05, 4.69) is 10.4 Å². The van der Waals surface area contributed by atoms with Gasteiger partial charge in [0.1, 0.15) is 17.3 Å². The van der Waals surface area contributed by atoms with Crippen molar-refractivity contribution in [2.45, 2.75) is 13.5 Å². The first-order valence-corrected chi connectivity index (χ1v) is 5.92. The maximum atomic E-state index is 12.1. The summed E-state index contributed by atoms with van der Waals surface area (Å²) in [7, 11) is 1.58. The quantitative estimate of drug-likeness (QED) is 0.877. The number of hydrogen-bond donors (Lipinski definition) is 2. The van der Waals surface area contributed by atoms with Gasteiger partial charge in [-0.2, -0.15) is 5.10 Å². The van der Waals surface area contributed by atoms with Gasteiger partial charge in [0.2, 0.25) is 0 Å². The predicted molar refractivity (Wildman–Crippen MR) is 73.3 cm³/mol. The minimum atomic E-state index is -0.251. The number of aromatic nitrogens is 2. The first-order chi connectivity index (χ1) is 9.13. The highest BCUT2D eigenvalue weighted by atomic mass is 16.5. The SMILES string of the molecule is CCn1nc(N)cc1C(=O)Nc1cccc(OC)c1. The van der Waals surface area contributed by atoms with Crippen LogP contribution in [0.25, 0.3) is 0 Å². The highest BCUT2D eigenvalue weighted by molar-refractivity contribution is 6.03. The minimum Gasteiger partial charge on any atom is -0.497 e. The van der Waals surface area contributed by atoms with Crippen LogP contribution in [0.15, 0.2) is 30.3 Å². The third kappa shape index (κ3) is 2.85. The number of rotatable bonds is 4. The van der Waals surface area contributed by atoms with Crippen LogP contribution in [0.3, 0.4) is 0 Å². The standard InChI is InChI=1S/C13H16N4O2/c1-3-17-11(8-12(14)16-17)13(18)15-9-5-4-6-10(7-9)19-2/h4-8H,3H2,1-2H3,(H2,14,16)(H,15,18). The first-order valence-electron chi connectivity index (χ1n) is 5.92. The molecule has 1 amide bonds. The van der Waals surface area contributed by atoms with Gasteiger partial charge in [0.05, 0.1) is 7.11 Å². The van der Waals surface area contributed by atoms with Crippen molar-refractivity contribution in [2.24, 2.45) is 0 Å². The monoisotopic (exact) mass is 260 g/mol. The molecule has 1 aromatic heterocycles. The van der Waals surface area contributed by atoms with E-state index in [-0.39, 0.29) is 5.91 Å². The van der Waals surface area contributed by atoms with Crippen molar-refractivity contribution < 1.29 is 9.53 Å². The van der Waals surface area contributed by atoms with E-state index in [1.165, 1.54) is 0 Å². The average molecular weight is 260 g/mol. The zero-order valence-corrected chi connectivity index (χ0v) is 10.9. The summed E-state index contributed by atoms with van der Waals surface area (Å²) in [6.45, 7) is 2.48. The molecule has 100 valence electrons. The van der Waals surface area contributed by atoms with Crippen molar-refractivity contribution in [1.29, 1.82) is 0 Å². The summed E-state index contributed by atoms with van der Waals surface area (Å²) < 4.78 is 6.66. The number of aryl methyl sites for hydroxylation is 1. The lowest BCUT2D eigenvalue weighted by Crippen LogP contribution is -2.17. The highest BCUT2D eigenvalue weighted by Crippen LogP contribution is 2.18. The van der Waals surface area contributed by atoms with Crippen LogP contribution in [0.5, 0.6) is 5.75 Å². The van der Waals surface area contributed by atoms with Crippen molar-refractivity contribution in [3.63, 3.8) is 0 Å². The normalized spacial score (nSPS) is 10.2. The van der Waals surface area contributed by atoms with Crippen molar-refractivity contribution >= 4 is 17.4 Å². The molecule has 1 heterocycles. The van der Waals surface area contributed by atoms with Gasteiger partial charge in [0, 0.05) is 24.4 Å². The van der Waals surface area contributed by atoms with Crippen LogP contribution in [0.2, 0.25) is 0 Å². The number of nitrogen functional groups attached to an aromatic ring is 1. The van der Waals surface area contributed by atoms with Gasteiger partial charge in [0.15, 0.2) is 0 Å². The van der Waals surface area contributed by atoms with E-state index >= 15 is 0 Å². The Labute approximate surface area is 111 Å². The van der Waals surface area contributed by atoms with Crippen LogP contribution < -0.4 is 15.8 Å². The fourth-order valence-corrected chi connectivity index (χ4v) is 1.76. The van der Waals surface area contributed by atoms with Crippen LogP contribution in [-0.4, -0.2) is 22.8 Å². The Bertz CT molecular complexity index is 592. The molecule has 0 aliphatic rings. The van der Waals surface area contributed by atoms with Crippen molar-refractivity contribution in [2.75, 3.05) is 18.2 Å². The average Bonchev–Trinajstić information content (AvgIpc) is 2.80. The Morgan fingerprint density at radius 2 is 2.26 bits per heavy atom. The maximum Gasteiger partial charge on any atom is 0.274 e. The molecule has 0 atom stereocenters. The predicted octanol–water partition coefficient (Wildman–Crippen LogP) is 1.75. The number of carbonyl (C=O) groups is 1. The Balaban J connectivity index is 2.20. The lowest BCUT2D eigenvalue weighted by molar-refractivity contribution is 0.101. The number of benzene rings is 1. The lowest BCUT2D eigenvalue weighted by atomic mass is 10.3. The van der Waals surface area contributed by atoms with E-state index in [0.29, 0.717) is 29.5 Å². The van der Waals surface area contributed by atoms with Gasteiger partial charge in [-0.15, -0.1) is 0 Å². The molecule has 1 aromatic carbocycles. The fraction of sp³-hybridized carbons (Fsp3) is 0.231. The second-order valence-electron chi connectivity index (χ2n) is 3.96. The highest BCUT2D eigenvalue weighted by Gasteiger charge is 2.13. The molecule has 19 heavy (non-hydrogen) atoms. The molecule has 0 saturated heterocycles. The van der Waals surface area contributed by atoms with Gasteiger partial charge >= 0.3 is 0 Å². The maximum absolute atomic E-state index is 12.1. The number of nitrogens with two attached hydrogens (primary N) is 1. The molecule has 3 N–H and O–H groups in total. The van der Waals surface area contributed by atoms with E-state index in [1.54, 1.807) is 36.1 Å². The number of nitrogens with one attached hydrogen (secondary N) is 1. The smallest absolute Gasteiger partial charge is 0.274 e. The molecule has 0 fully saturated rings. The first kappa shape index (κ1) is 12.9. The van der Waals surface area contributed by atoms with Crippen molar-refractivity contribution in [3.8, 4) is 5.75 Å². The van der Waals surface area contributed by atoms with Gasteiger partial charge in [-0.1, -0.05) is 6.07 Å². The molecule has 2 rings (SSSR count). The summed E-state index contributed by atoms with van der Waals surface area (Å²) in [5.41, 5.74) is 6.69. The molecule has 6 nitrogen and oxygen atoms in total. The second kappa shape index (κ2) is 5.43. The van der Waals surface area contributed by atoms with Crippen LogP contribution in [0, 0.1) is 0 Å². The summed E-state index contributed by atoms with van der Waals surface area (Å²) in [5.74, 6) is 0.762. The van der Waals surface area contributed by atoms with Crippen molar-refractivity contribution in [3.05, 3.63) is 36.0 Å². The van der Waals surface area contributed by atoms with Crippen LogP contribution in [0.4, 0.5) is 11.5 Å². The molecule has 0 unspecified atom stereocenters. The molecule has 0 radical (unpaired) electrons. The number of methoxy groups -OCH3 is 1. The molecular formula is C13H16N4O2. The molecule has 0 bridgehead atoms. The number of amides is 1. The number of carbonyl (C=O) groups excluding carboxylic acids is 1. The molecular weight excluding hydrogens is 244 g/mol. The van der Waals surface area contributed by atoms with E-state index in [4.69, 9.17) is 10.5 Å². The van der Waals surface area contributed by atoms with Crippen LogP contribution in [0.1, 0.15) is 17.4 Å². The zero-order valence-electron chi connectivity index (χ0n) is 10.9. The zero-order chi connectivity index (χ0) is 13.8. The van der Waals surface area contributed by atoms with E-state index in [9.17, 15) is 4.79 Å². The lowest BCUT2D eigenvalue weighted by Gasteiger charge is -2.07. The van der Waals surface area contributed by atoms with Gasteiger partial charge in [0.25, 0.3) is 5.91 Å². The summed E-state index contributed by atoms with van der Waals surface area (Å²) in [4.78, 5) is 12.1. The Morgan fingerprint density at radius 3 is 2.95 bits per heavy atom. The largest absolute Gasteiger partial charge is 0.497 e. The minimum absolute atomic E-state index is 0.251. The topological polar surface area (TPSA) is 82.2 Å². The van der Waals surface area contributed by atoms with Crippen molar-refractivity contribution in [1.82, 2.24) is 9.78 Å². The Hall–Kier alpha value is -2.50. The molecule has 0 aliphatic carbocycles. The van der Waals surface area contributed by atoms with Gasteiger partial charge in [-0.25, -0.2) is 0 Å². The summed E-state index contributed by atoms with van der Waals surface area (Å²) in [6.07, 6.45) is 0. The number of anilines is 2. The van der Waals surface area contributed by atoms with Gasteiger partial charge < -0.3 is 15.8 Å². The van der Waals surface area contributed by atoms with E-state index in [1.807, 2.05) is 13.0 Å². The fourth-order valence-electron chi connectivity index (χ4n) is 1.76. The molecule has 0 spiro atoms. The number of hydrogen-bond acceptors (Lipinski definition) is 4. The Kier molecular flexibility index (Phi) is 3.70. The van der Waals surface area contributed by atoms with E-state index < -0.39 is 0 Å². The molecule has 0 saturated carbocycles. The number of nitrogens with zero attached hydrogens (tertiary/aromatic N) is 2. The second-order valence-corrected chi connectivity index (χ2v) is 3.96. The molecule has 6 heteroatoms. The third-order valence-corrected chi connectivity index (χ3v) is 2.66. The van der Waals surface area contributed by atoms with Crippen LogP contribution >= 0.6 is 0 Å². The number of ether oxygens (including phenoxy) is 1. The third-order valence-electron chi connectivity index (χ3n) is 2.66. The summed E-state index contributed by atoms with van der Waals surface area (Å²) in [6, 6.07) is 8.70. The van der Waals surface area contributed by atoms with Crippen LogP contribution in [-0.2, 0) is 6.54 Å². The molecule has 0 aliphatic heterocycles. The Morgan fingerprint density at radius 1 is 1.47 bits per heavy atom. The molecule has 2 aromatic rings. The van der Waals surface area contributed by atoms with E-state index in [0.717, 1.165) is 0 Å². The summed E-state index contributed by atoms with van der Waals surface area (Å²) >= 11 is 0. The summed E-state index contributed by atoms with van der Waals surface area (Å²) in [5, 5.41) is 6.82. The van der Waals surface area contributed by atoms with Gasteiger partial charge in [-0.3, -0.25) is 9.48 Å². The van der Waals surface area contributed by atoms with Gasteiger partial charge in [-0.05, 0) is 19.1 Å².